The molecule has 0 saturated carbocycles. The minimum atomic E-state index is -3.99. The lowest BCUT2D eigenvalue weighted by molar-refractivity contribution is -0.146. The van der Waals surface area contributed by atoms with E-state index >= 15 is 0 Å². The summed E-state index contributed by atoms with van der Waals surface area (Å²) in [5.74, 6) is -0.643. The Morgan fingerprint density at radius 2 is 2.15 bits per heavy atom. The SMILES string of the molecule is C[C@H](NP1(=O)OC[C@H]2O[C@@H](n3ccc(=O)[nH]c3=S)C(C)(O)C2O1)C(=O)OCc1ccccc1. The Hall–Kier alpha value is -2.18. The van der Waals surface area contributed by atoms with Gasteiger partial charge in [0.1, 0.15) is 30.5 Å². The molecule has 2 aliphatic heterocycles. The Bertz CT molecular complexity index is 1180. The number of carbonyl (C=O) groups excluding carboxylic acids is 1. The van der Waals surface area contributed by atoms with E-state index in [2.05, 4.69) is 10.1 Å². The van der Waals surface area contributed by atoms with E-state index in [9.17, 15) is 19.3 Å². The molecule has 33 heavy (non-hydrogen) atoms. The molecule has 178 valence electrons. The number of aromatic amines is 1. The number of aromatic nitrogens is 2. The molecule has 3 heterocycles. The quantitative estimate of drug-likeness (QED) is 0.307. The number of fused-ring (bicyclic) bond motifs is 1. The van der Waals surface area contributed by atoms with Gasteiger partial charge in [-0.25, -0.2) is 9.65 Å². The Balaban J connectivity index is 1.43. The van der Waals surface area contributed by atoms with Crippen molar-refractivity contribution in [2.45, 2.75) is 50.5 Å². The average molecular weight is 497 g/mol. The van der Waals surface area contributed by atoms with Gasteiger partial charge in [0.2, 0.25) is 0 Å². The molecule has 2 aromatic rings. The second-order valence-corrected chi connectivity index (χ2v) is 10.1. The van der Waals surface area contributed by atoms with E-state index < -0.39 is 49.4 Å². The lowest BCUT2D eigenvalue weighted by Crippen LogP contribution is -2.49. The summed E-state index contributed by atoms with van der Waals surface area (Å²) in [5.41, 5.74) is -1.27. The van der Waals surface area contributed by atoms with E-state index in [1.807, 2.05) is 30.3 Å². The second kappa shape index (κ2) is 9.22. The Labute approximate surface area is 194 Å². The number of ether oxygens (including phenoxy) is 2. The molecule has 0 spiro atoms. The van der Waals surface area contributed by atoms with Gasteiger partial charge in [0.05, 0.1) is 6.61 Å². The lowest BCUT2D eigenvalue weighted by Gasteiger charge is -2.36. The van der Waals surface area contributed by atoms with E-state index in [0.717, 1.165) is 5.56 Å². The number of benzene rings is 1. The molecular weight excluding hydrogens is 473 g/mol. The van der Waals surface area contributed by atoms with Crippen LogP contribution in [0.5, 0.6) is 0 Å². The lowest BCUT2D eigenvalue weighted by atomic mass is 9.96. The predicted molar refractivity (Wildman–Crippen MR) is 118 cm³/mol. The fraction of sp³-hybridized carbons (Fsp3) is 0.450. The first-order chi connectivity index (χ1) is 15.6. The molecule has 11 nitrogen and oxygen atoms in total. The fourth-order valence-electron chi connectivity index (χ4n) is 3.71. The summed E-state index contributed by atoms with van der Waals surface area (Å²) >= 11 is 5.16. The fourth-order valence-corrected chi connectivity index (χ4v) is 5.74. The molecule has 1 aromatic heterocycles. The summed E-state index contributed by atoms with van der Waals surface area (Å²) in [6.07, 6.45) is -1.46. The standard InChI is InChI=1S/C20H24N3O8PS/c1-12(17(25)28-10-13-6-4-3-5-7-13)22-32(27)29-11-14-16(31-32)20(2,26)18(30-14)23-9-8-15(24)21-19(23)33/h3-9,12,14,16,18,26H,10-11H2,1-2H3,(H,22,27)(H,21,24,33)/t12-,14+,16?,18+,20?,32?/m0/s1. The first-order valence-electron chi connectivity index (χ1n) is 10.2. The number of nitrogens with zero attached hydrogens (tertiary/aromatic N) is 1. The number of nitrogens with one attached hydrogen (secondary N) is 2. The zero-order chi connectivity index (χ0) is 23.8. The molecule has 2 fully saturated rings. The van der Waals surface area contributed by atoms with E-state index in [1.54, 1.807) is 0 Å². The summed E-state index contributed by atoms with van der Waals surface area (Å²) in [4.78, 5) is 26.3. The largest absolute Gasteiger partial charge is 0.460 e. The maximum Gasteiger partial charge on any atom is 0.406 e. The van der Waals surface area contributed by atoms with Crippen molar-refractivity contribution in [2.75, 3.05) is 6.61 Å². The van der Waals surface area contributed by atoms with Crippen molar-refractivity contribution < 1.29 is 33.0 Å². The maximum atomic E-state index is 13.2. The highest BCUT2D eigenvalue weighted by atomic mass is 32.1. The van der Waals surface area contributed by atoms with Crippen molar-refractivity contribution in [1.82, 2.24) is 14.6 Å². The molecule has 13 heteroatoms. The molecule has 2 aliphatic rings. The van der Waals surface area contributed by atoms with Gasteiger partial charge in [0, 0.05) is 12.3 Å². The molecule has 1 aromatic carbocycles. The molecule has 0 bridgehead atoms. The number of esters is 1. The second-order valence-electron chi connectivity index (χ2n) is 8.03. The zero-order valence-electron chi connectivity index (χ0n) is 17.9. The van der Waals surface area contributed by atoms with Gasteiger partial charge in [-0.1, -0.05) is 30.3 Å². The average Bonchev–Trinajstić information content (AvgIpc) is 3.02. The van der Waals surface area contributed by atoms with Gasteiger partial charge < -0.3 is 14.6 Å². The number of H-pyrrole nitrogens is 1. The molecule has 0 radical (unpaired) electrons. The third kappa shape index (κ3) is 5.02. The van der Waals surface area contributed by atoms with E-state index in [4.69, 9.17) is 30.7 Å². The van der Waals surface area contributed by atoms with Gasteiger partial charge in [-0.15, -0.1) is 0 Å². The summed E-state index contributed by atoms with van der Waals surface area (Å²) in [7, 11) is -3.99. The van der Waals surface area contributed by atoms with E-state index in [0.29, 0.717) is 0 Å². The van der Waals surface area contributed by atoms with Gasteiger partial charge in [-0.3, -0.25) is 28.2 Å². The minimum absolute atomic E-state index is 0.0448. The molecule has 4 rings (SSSR count). The first-order valence-corrected chi connectivity index (χ1v) is 12.1. The van der Waals surface area contributed by atoms with E-state index in [-0.39, 0.29) is 18.0 Å². The highest BCUT2D eigenvalue weighted by Crippen LogP contribution is 2.55. The topological polar surface area (TPSA) is 141 Å². The van der Waals surface area contributed by atoms with Crippen LogP contribution in [-0.4, -0.2) is 51.1 Å². The van der Waals surface area contributed by atoms with Crippen molar-refractivity contribution in [3.63, 3.8) is 0 Å². The van der Waals surface area contributed by atoms with Crippen LogP contribution in [0, 0.1) is 4.77 Å². The van der Waals surface area contributed by atoms with Crippen LogP contribution in [0.2, 0.25) is 0 Å². The Kier molecular flexibility index (Phi) is 6.70. The van der Waals surface area contributed by atoms with Crippen molar-refractivity contribution in [3.05, 3.63) is 63.3 Å². The van der Waals surface area contributed by atoms with Crippen molar-refractivity contribution in [1.29, 1.82) is 0 Å². The van der Waals surface area contributed by atoms with Crippen molar-refractivity contribution in [2.24, 2.45) is 0 Å². The summed E-state index contributed by atoms with van der Waals surface area (Å²) in [5, 5.41) is 13.7. The van der Waals surface area contributed by atoms with Gasteiger partial charge >= 0.3 is 13.7 Å². The number of aliphatic hydroxyl groups is 1. The molecule has 3 unspecified atom stereocenters. The highest BCUT2D eigenvalue weighted by molar-refractivity contribution is 7.71. The van der Waals surface area contributed by atoms with Crippen LogP contribution < -0.4 is 10.6 Å². The minimum Gasteiger partial charge on any atom is -0.460 e. The summed E-state index contributed by atoms with van der Waals surface area (Å²) in [6, 6.07) is 9.36. The third-order valence-corrected chi connectivity index (χ3v) is 7.42. The summed E-state index contributed by atoms with van der Waals surface area (Å²) in [6.45, 7) is 2.82. The van der Waals surface area contributed by atoms with Crippen LogP contribution in [0.3, 0.4) is 0 Å². The summed E-state index contributed by atoms with van der Waals surface area (Å²) < 4.78 is 36.7. The molecule has 0 amide bonds. The van der Waals surface area contributed by atoms with Crippen molar-refractivity contribution >= 4 is 25.9 Å². The normalized spacial score (nSPS) is 32.2. The number of rotatable bonds is 6. The van der Waals surface area contributed by atoms with E-state index in [1.165, 1.54) is 30.7 Å². The van der Waals surface area contributed by atoms with Gasteiger partial charge in [-0.2, -0.15) is 0 Å². The van der Waals surface area contributed by atoms with Crippen LogP contribution in [-0.2, 0) is 34.5 Å². The van der Waals surface area contributed by atoms with Crippen LogP contribution in [0.15, 0.2) is 47.4 Å². The van der Waals surface area contributed by atoms with Crippen LogP contribution in [0.25, 0.3) is 0 Å². The van der Waals surface area contributed by atoms with Crippen molar-refractivity contribution in [3.8, 4) is 0 Å². The van der Waals surface area contributed by atoms with Crippen LogP contribution >= 0.6 is 20.0 Å². The first kappa shape index (κ1) is 24.0. The van der Waals surface area contributed by atoms with Crippen LogP contribution in [0.1, 0.15) is 25.6 Å². The van der Waals surface area contributed by atoms with Gasteiger partial charge in [0.15, 0.2) is 11.0 Å². The monoisotopic (exact) mass is 497 g/mol. The number of carbonyl (C=O) groups is 1. The van der Waals surface area contributed by atoms with Gasteiger partial charge in [-0.05, 0) is 31.6 Å². The number of hydrogen-bond acceptors (Lipinski definition) is 9. The molecule has 0 aliphatic carbocycles. The van der Waals surface area contributed by atoms with Gasteiger partial charge in [0.25, 0.3) is 5.56 Å². The zero-order valence-corrected chi connectivity index (χ0v) is 19.6. The third-order valence-electron chi connectivity index (χ3n) is 5.41. The molecule has 6 atom stereocenters. The Morgan fingerprint density at radius 3 is 2.85 bits per heavy atom. The smallest absolute Gasteiger partial charge is 0.406 e. The highest BCUT2D eigenvalue weighted by Gasteiger charge is 2.59. The molecule has 2 saturated heterocycles. The van der Waals surface area contributed by atoms with Crippen LogP contribution in [0.4, 0.5) is 0 Å². The molecular formula is C20H24N3O8PS. The predicted octanol–water partition coefficient (Wildman–Crippen LogP) is 1.80. The maximum absolute atomic E-state index is 13.2. The number of hydrogen-bond donors (Lipinski definition) is 3. The molecule has 3 N–H and O–H groups in total. The Morgan fingerprint density at radius 1 is 1.42 bits per heavy atom.